The number of halogens is 1. The number of nitrogens with zero attached hydrogens (tertiary/aromatic N) is 2. The Labute approximate surface area is 197 Å². The number of amides is 2. The number of aromatic amines is 2. The first-order valence-corrected chi connectivity index (χ1v) is 11.3. The van der Waals surface area contributed by atoms with E-state index >= 15 is 0 Å². The first kappa shape index (κ1) is 23.2. The molecule has 0 saturated heterocycles. The highest BCUT2D eigenvalue weighted by Gasteiger charge is 2.24. The zero-order valence-corrected chi connectivity index (χ0v) is 19.3. The van der Waals surface area contributed by atoms with Gasteiger partial charge >= 0.3 is 0 Å². The summed E-state index contributed by atoms with van der Waals surface area (Å²) >= 11 is 0. The van der Waals surface area contributed by atoms with Crippen LogP contribution >= 0.6 is 0 Å². The first-order valence-electron chi connectivity index (χ1n) is 11.3. The van der Waals surface area contributed by atoms with Gasteiger partial charge in [0.25, 0.3) is 0 Å². The van der Waals surface area contributed by atoms with E-state index < -0.39 is 6.04 Å². The number of nitrogens with one attached hydrogen (secondary N) is 3. The van der Waals surface area contributed by atoms with E-state index in [0.717, 1.165) is 22.2 Å². The van der Waals surface area contributed by atoms with E-state index in [4.69, 9.17) is 0 Å². The summed E-state index contributed by atoms with van der Waals surface area (Å²) in [6.07, 6.45) is 3.70. The second kappa shape index (κ2) is 10.3. The molecule has 0 aliphatic carbocycles. The molecule has 34 heavy (non-hydrogen) atoms. The minimum atomic E-state index is -0.645. The Hall–Kier alpha value is -3.94. The van der Waals surface area contributed by atoms with Gasteiger partial charge < -0.3 is 15.2 Å². The van der Waals surface area contributed by atoms with Crippen molar-refractivity contribution in [1.82, 2.24) is 25.4 Å². The predicted molar refractivity (Wildman–Crippen MR) is 130 cm³/mol. The fourth-order valence-corrected chi connectivity index (χ4v) is 4.13. The normalized spacial score (nSPS) is 12.0. The Morgan fingerprint density at radius 1 is 1.15 bits per heavy atom. The topological polar surface area (TPSA) is 93.9 Å². The van der Waals surface area contributed by atoms with Crippen molar-refractivity contribution in [3.05, 3.63) is 77.9 Å². The minimum Gasteiger partial charge on any atom is -0.361 e. The first-order chi connectivity index (χ1) is 16.4. The molecule has 7 nitrogen and oxygen atoms in total. The number of aromatic nitrogens is 3. The third-order valence-electron chi connectivity index (χ3n) is 5.84. The number of rotatable bonds is 9. The van der Waals surface area contributed by atoms with Crippen molar-refractivity contribution in [1.29, 1.82) is 0 Å². The zero-order chi connectivity index (χ0) is 24.1. The summed E-state index contributed by atoms with van der Waals surface area (Å²) in [6, 6.07) is 15.5. The van der Waals surface area contributed by atoms with Crippen molar-refractivity contribution in [3.8, 4) is 11.3 Å². The Bertz CT molecular complexity index is 1300. The average Bonchev–Trinajstić information content (AvgIpc) is 3.45. The summed E-state index contributed by atoms with van der Waals surface area (Å²) in [5.41, 5.74) is 4.29. The van der Waals surface area contributed by atoms with E-state index in [1.54, 1.807) is 18.0 Å². The molecule has 4 aromatic rings. The largest absolute Gasteiger partial charge is 0.361 e. The lowest BCUT2D eigenvalue weighted by Gasteiger charge is -2.24. The highest BCUT2D eigenvalue weighted by Crippen LogP contribution is 2.21. The quantitative estimate of drug-likeness (QED) is 0.354. The Morgan fingerprint density at radius 3 is 2.76 bits per heavy atom. The van der Waals surface area contributed by atoms with Crippen LogP contribution in [0.4, 0.5) is 4.39 Å². The van der Waals surface area contributed by atoms with Crippen LogP contribution in [0.15, 0.2) is 60.8 Å². The molecular weight excluding hydrogens is 433 g/mol. The molecule has 0 aliphatic rings. The van der Waals surface area contributed by atoms with Gasteiger partial charge in [-0.3, -0.25) is 14.7 Å². The number of likely N-dealkylation sites (N-methyl/N-ethyl adjacent to an activating group) is 1. The van der Waals surface area contributed by atoms with E-state index in [-0.39, 0.29) is 17.6 Å². The zero-order valence-electron chi connectivity index (χ0n) is 19.3. The van der Waals surface area contributed by atoms with E-state index in [0.29, 0.717) is 37.1 Å². The summed E-state index contributed by atoms with van der Waals surface area (Å²) in [4.78, 5) is 29.8. The number of carbonyl (C=O) groups excluding carboxylic acids is 2. The molecule has 0 aliphatic heterocycles. The van der Waals surface area contributed by atoms with Crippen LogP contribution in [-0.4, -0.2) is 51.5 Å². The molecule has 0 fully saturated rings. The van der Waals surface area contributed by atoms with Gasteiger partial charge in [-0.1, -0.05) is 30.3 Å². The molecule has 1 unspecified atom stereocenters. The van der Waals surface area contributed by atoms with E-state index in [9.17, 15) is 14.0 Å². The van der Waals surface area contributed by atoms with Gasteiger partial charge in [0.05, 0.1) is 5.69 Å². The molecule has 3 N–H and O–H groups in total. The average molecular weight is 462 g/mol. The van der Waals surface area contributed by atoms with E-state index in [2.05, 4.69) is 20.5 Å². The predicted octanol–water partition coefficient (Wildman–Crippen LogP) is 3.84. The third-order valence-corrected chi connectivity index (χ3v) is 5.84. The minimum absolute atomic E-state index is 0.134. The molecule has 0 bridgehead atoms. The van der Waals surface area contributed by atoms with Crippen molar-refractivity contribution < 1.29 is 14.0 Å². The van der Waals surface area contributed by atoms with Crippen LogP contribution in [0, 0.1) is 5.82 Å². The van der Waals surface area contributed by atoms with Gasteiger partial charge in [0.15, 0.2) is 0 Å². The number of hydrogen-bond donors (Lipinski definition) is 3. The number of carbonyl (C=O) groups is 2. The van der Waals surface area contributed by atoms with Crippen LogP contribution in [0.3, 0.4) is 0 Å². The van der Waals surface area contributed by atoms with E-state index in [1.807, 2.05) is 42.6 Å². The molecule has 176 valence electrons. The summed E-state index contributed by atoms with van der Waals surface area (Å²) in [5, 5.41) is 11.1. The fourth-order valence-electron chi connectivity index (χ4n) is 4.13. The van der Waals surface area contributed by atoms with Gasteiger partial charge in [0.1, 0.15) is 11.9 Å². The Morgan fingerprint density at radius 2 is 1.97 bits per heavy atom. The maximum atomic E-state index is 13.5. The van der Waals surface area contributed by atoms with Crippen LogP contribution in [0.5, 0.6) is 0 Å². The summed E-state index contributed by atoms with van der Waals surface area (Å²) in [7, 11) is 1.75. The molecule has 0 radical (unpaired) electrons. The SMILES string of the molecule is CC(=O)NC(Cc1c[nH]c2ccccc12)C(=O)N(C)CCCc1cc(-c2cccc(F)c2)n[nH]1. The smallest absolute Gasteiger partial charge is 0.245 e. The van der Waals surface area contributed by atoms with Gasteiger partial charge in [0.2, 0.25) is 11.8 Å². The van der Waals surface area contributed by atoms with Crippen LogP contribution in [-0.2, 0) is 22.4 Å². The summed E-state index contributed by atoms with van der Waals surface area (Å²) < 4.78 is 13.5. The number of fused-ring (bicyclic) bond motifs is 1. The lowest BCUT2D eigenvalue weighted by molar-refractivity contribution is -0.135. The molecule has 0 saturated carbocycles. The standard InChI is InChI=1S/C26H28FN5O2/c1-17(33)29-25(14-19-16-28-23-11-4-3-10-22(19)23)26(34)32(2)12-6-9-21-15-24(31-30-21)18-7-5-8-20(27)13-18/h3-5,7-8,10-11,13,15-16,25,28H,6,9,12,14H2,1-2H3,(H,29,33)(H,30,31). The van der Waals surface area contributed by atoms with Gasteiger partial charge in [-0.25, -0.2) is 4.39 Å². The van der Waals surface area contributed by atoms with E-state index in [1.165, 1.54) is 19.1 Å². The lowest BCUT2D eigenvalue weighted by atomic mass is 10.0. The van der Waals surface area contributed by atoms with Gasteiger partial charge in [0, 0.05) is 55.3 Å². The molecule has 2 heterocycles. The second-order valence-corrected chi connectivity index (χ2v) is 8.47. The number of para-hydroxylation sites is 1. The molecule has 2 amide bonds. The second-order valence-electron chi connectivity index (χ2n) is 8.47. The molecule has 2 aromatic heterocycles. The van der Waals surface area contributed by atoms with Crippen molar-refractivity contribution in [2.45, 2.75) is 32.2 Å². The van der Waals surface area contributed by atoms with Gasteiger partial charge in [-0.15, -0.1) is 0 Å². The number of H-pyrrole nitrogens is 2. The van der Waals surface area contributed by atoms with Crippen molar-refractivity contribution in [2.75, 3.05) is 13.6 Å². The molecule has 4 rings (SSSR count). The van der Waals surface area contributed by atoms with Crippen LogP contribution < -0.4 is 5.32 Å². The highest BCUT2D eigenvalue weighted by atomic mass is 19.1. The number of benzene rings is 2. The molecule has 8 heteroatoms. The molecule has 1 atom stereocenters. The molecule has 2 aromatic carbocycles. The maximum Gasteiger partial charge on any atom is 0.245 e. The fraction of sp³-hybridized carbons (Fsp3) is 0.269. The van der Waals surface area contributed by atoms with Gasteiger partial charge in [-0.2, -0.15) is 5.10 Å². The Balaban J connectivity index is 1.36. The highest BCUT2D eigenvalue weighted by molar-refractivity contribution is 5.89. The van der Waals surface area contributed by atoms with Crippen molar-refractivity contribution in [2.24, 2.45) is 0 Å². The summed E-state index contributed by atoms with van der Waals surface area (Å²) in [6.45, 7) is 1.95. The Kier molecular flexibility index (Phi) is 7.06. The molecular formula is C26H28FN5O2. The summed E-state index contributed by atoms with van der Waals surface area (Å²) in [5.74, 6) is -0.678. The third kappa shape index (κ3) is 5.51. The molecule has 0 spiro atoms. The number of aryl methyl sites for hydroxylation is 1. The van der Waals surface area contributed by atoms with Crippen LogP contribution in [0.1, 0.15) is 24.6 Å². The van der Waals surface area contributed by atoms with Crippen LogP contribution in [0.25, 0.3) is 22.2 Å². The van der Waals surface area contributed by atoms with Crippen molar-refractivity contribution in [3.63, 3.8) is 0 Å². The lowest BCUT2D eigenvalue weighted by Crippen LogP contribution is -2.48. The number of hydrogen-bond acceptors (Lipinski definition) is 3. The van der Waals surface area contributed by atoms with Crippen LogP contribution in [0.2, 0.25) is 0 Å². The maximum absolute atomic E-state index is 13.5. The monoisotopic (exact) mass is 461 g/mol. The van der Waals surface area contributed by atoms with Crippen molar-refractivity contribution >= 4 is 22.7 Å². The van der Waals surface area contributed by atoms with Gasteiger partial charge in [-0.05, 0) is 42.7 Å².